The van der Waals surface area contributed by atoms with Crippen molar-refractivity contribution in [2.75, 3.05) is 38.8 Å². The molecule has 1 N–H and O–H groups in total. The predicted octanol–water partition coefficient (Wildman–Crippen LogP) is 3.06. The molecule has 0 bridgehead atoms. The number of ether oxygens (including phenoxy) is 2. The van der Waals surface area contributed by atoms with Gasteiger partial charge in [0, 0.05) is 30.4 Å². The van der Waals surface area contributed by atoms with Crippen LogP contribution in [0.5, 0.6) is 11.5 Å². The molecule has 0 atom stereocenters. The van der Waals surface area contributed by atoms with Crippen LogP contribution < -0.4 is 19.7 Å². The first-order chi connectivity index (χ1) is 10.2. The van der Waals surface area contributed by atoms with E-state index in [1.165, 1.54) is 5.69 Å². The van der Waals surface area contributed by atoms with Gasteiger partial charge >= 0.3 is 0 Å². The summed E-state index contributed by atoms with van der Waals surface area (Å²) in [6, 6.07) is 6.20. The van der Waals surface area contributed by atoms with Crippen molar-refractivity contribution in [1.82, 2.24) is 5.32 Å². The van der Waals surface area contributed by atoms with Crippen molar-refractivity contribution in [3.63, 3.8) is 0 Å². The van der Waals surface area contributed by atoms with Crippen molar-refractivity contribution in [1.29, 1.82) is 0 Å². The minimum atomic E-state index is 0.212. The monoisotopic (exact) mass is 292 g/mol. The van der Waals surface area contributed by atoms with E-state index < -0.39 is 0 Å². The summed E-state index contributed by atoms with van der Waals surface area (Å²) in [6.45, 7) is 7.74. The van der Waals surface area contributed by atoms with E-state index in [2.05, 4.69) is 36.2 Å². The van der Waals surface area contributed by atoms with Gasteiger partial charge in [-0.3, -0.25) is 0 Å². The molecule has 4 nitrogen and oxygen atoms in total. The van der Waals surface area contributed by atoms with Gasteiger partial charge in [-0.05, 0) is 37.9 Å². The number of anilines is 1. The first-order valence-corrected chi connectivity index (χ1v) is 7.90. The molecule has 1 saturated heterocycles. The number of rotatable bonds is 5. The largest absolute Gasteiger partial charge is 0.493 e. The molecule has 1 heterocycles. The maximum Gasteiger partial charge on any atom is 0.162 e. The van der Waals surface area contributed by atoms with Gasteiger partial charge in [0.15, 0.2) is 11.5 Å². The van der Waals surface area contributed by atoms with E-state index in [1.54, 1.807) is 14.2 Å². The second kappa shape index (κ2) is 7.03. The van der Waals surface area contributed by atoms with Crippen LogP contribution in [0.2, 0.25) is 0 Å². The van der Waals surface area contributed by atoms with Gasteiger partial charge in [-0.2, -0.15) is 0 Å². The summed E-state index contributed by atoms with van der Waals surface area (Å²) >= 11 is 0. The smallest absolute Gasteiger partial charge is 0.162 e. The lowest BCUT2D eigenvalue weighted by Gasteiger charge is -2.36. The Hall–Kier alpha value is -1.42. The summed E-state index contributed by atoms with van der Waals surface area (Å²) in [6.07, 6.45) is 3.46. The van der Waals surface area contributed by atoms with Gasteiger partial charge in [0.05, 0.1) is 14.2 Å². The van der Waals surface area contributed by atoms with Crippen LogP contribution in [0.4, 0.5) is 5.69 Å². The Morgan fingerprint density at radius 3 is 2.48 bits per heavy atom. The average molecular weight is 292 g/mol. The second-order valence-corrected chi connectivity index (χ2v) is 5.73. The Bertz CT molecular complexity index is 458. The van der Waals surface area contributed by atoms with Crippen molar-refractivity contribution in [3.8, 4) is 11.5 Å². The predicted molar refractivity (Wildman–Crippen MR) is 87.7 cm³/mol. The lowest BCUT2D eigenvalue weighted by atomic mass is 9.92. The van der Waals surface area contributed by atoms with Crippen LogP contribution in [-0.2, 0) is 0 Å². The van der Waals surface area contributed by atoms with Crippen LogP contribution in [0.25, 0.3) is 0 Å². The molecule has 1 fully saturated rings. The zero-order valence-electron chi connectivity index (χ0n) is 13.7. The Labute approximate surface area is 128 Å². The summed E-state index contributed by atoms with van der Waals surface area (Å²) < 4.78 is 10.8. The third-order valence-corrected chi connectivity index (χ3v) is 4.68. The number of hydrogen-bond donors (Lipinski definition) is 1. The summed E-state index contributed by atoms with van der Waals surface area (Å²) in [5.41, 5.74) is 1.42. The molecule has 4 heteroatoms. The molecule has 2 rings (SSSR count). The Morgan fingerprint density at radius 2 is 1.86 bits per heavy atom. The van der Waals surface area contributed by atoms with E-state index >= 15 is 0 Å². The highest BCUT2D eigenvalue weighted by molar-refractivity contribution is 5.56. The maximum absolute atomic E-state index is 5.44. The molecule has 1 aromatic carbocycles. The van der Waals surface area contributed by atoms with Gasteiger partial charge in [-0.25, -0.2) is 0 Å². The molecule has 0 radical (unpaired) electrons. The molecule has 0 spiro atoms. The molecule has 0 saturated carbocycles. The Kier molecular flexibility index (Phi) is 5.34. The molecule has 1 aromatic rings. The minimum Gasteiger partial charge on any atom is -0.493 e. The van der Waals surface area contributed by atoms with Gasteiger partial charge in [0.1, 0.15) is 0 Å². The average Bonchev–Trinajstić information content (AvgIpc) is 2.77. The SMILES string of the molecule is CCC1(CC)CN(c2ccc(OC)c(OC)c2)CCCN1. The first kappa shape index (κ1) is 16.0. The highest BCUT2D eigenvalue weighted by atomic mass is 16.5. The quantitative estimate of drug-likeness (QED) is 0.904. The van der Waals surface area contributed by atoms with E-state index in [9.17, 15) is 0 Å². The van der Waals surface area contributed by atoms with Crippen molar-refractivity contribution in [2.24, 2.45) is 0 Å². The lowest BCUT2D eigenvalue weighted by molar-refractivity contribution is 0.321. The van der Waals surface area contributed by atoms with Crippen molar-refractivity contribution in [2.45, 2.75) is 38.6 Å². The molecule has 1 aliphatic heterocycles. The highest BCUT2D eigenvalue weighted by Crippen LogP contribution is 2.33. The third-order valence-electron chi connectivity index (χ3n) is 4.68. The number of nitrogens with zero attached hydrogens (tertiary/aromatic N) is 1. The molecule has 0 aromatic heterocycles. The summed E-state index contributed by atoms with van der Waals surface area (Å²) in [5.74, 6) is 1.58. The minimum absolute atomic E-state index is 0.212. The fraction of sp³-hybridized carbons (Fsp3) is 0.647. The number of hydrogen-bond acceptors (Lipinski definition) is 4. The van der Waals surface area contributed by atoms with Gasteiger partial charge in [-0.15, -0.1) is 0 Å². The number of methoxy groups -OCH3 is 2. The maximum atomic E-state index is 5.44. The number of nitrogens with one attached hydrogen (secondary N) is 1. The van der Waals surface area contributed by atoms with Gasteiger partial charge in [-0.1, -0.05) is 13.8 Å². The van der Waals surface area contributed by atoms with Crippen LogP contribution in [-0.4, -0.2) is 39.4 Å². The van der Waals surface area contributed by atoms with Crippen LogP contribution in [0.1, 0.15) is 33.1 Å². The van der Waals surface area contributed by atoms with Gasteiger partial charge < -0.3 is 19.7 Å². The fourth-order valence-corrected chi connectivity index (χ4v) is 3.09. The molecule has 118 valence electrons. The van der Waals surface area contributed by atoms with E-state index in [0.717, 1.165) is 50.4 Å². The zero-order valence-corrected chi connectivity index (χ0v) is 13.7. The molecule has 0 amide bonds. The first-order valence-electron chi connectivity index (χ1n) is 7.90. The fourth-order valence-electron chi connectivity index (χ4n) is 3.09. The van der Waals surface area contributed by atoms with Gasteiger partial charge in [0.25, 0.3) is 0 Å². The molecule has 0 aliphatic carbocycles. The Balaban J connectivity index is 2.27. The standard InChI is InChI=1S/C17H28N2O2/c1-5-17(6-2)13-19(11-7-10-18-17)14-8-9-15(20-3)16(12-14)21-4/h8-9,12,18H,5-7,10-11,13H2,1-4H3. The normalized spacial score (nSPS) is 18.2. The van der Waals surface area contributed by atoms with Crippen molar-refractivity contribution in [3.05, 3.63) is 18.2 Å². The summed E-state index contributed by atoms with van der Waals surface area (Å²) in [5, 5.41) is 3.75. The zero-order chi connectivity index (χ0) is 15.3. The van der Waals surface area contributed by atoms with Crippen LogP contribution in [0, 0.1) is 0 Å². The summed E-state index contributed by atoms with van der Waals surface area (Å²) in [4.78, 5) is 2.47. The highest BCUT2D eigenvalue weighted by Gasteiger charge is 2.30. The second-order valence-electron chi connectivity index (χ2n) is 5.73. The van der Waals surface area contributed by atoms with Crippen LogP contribution in [0.3, 0.4) is 0 Å². The van der Waals surface area contributed by atoms with E-state index in [0.29, 0.717) is 0 Å². The van der Waals surface area contributed by atoms with Crippen molar-refractivity contribution < 1.29 is 9.47 Å². The van der Waals surface area contributed by atoms with Crippen LogP contribution >= 0.6 is 0 Å². The molecular weight excluding hydrogens is 264 g/mol. The molecular formula is C17H28N2O2. The van der Waals surface area contributed by atoms with Crippen LogP contribution in [0.15, 0.2) is 18.2 Å². The van der Waals surface area contributed by atoms with E-state index in [-0.39, 0.29) is 5.54 Å². The summed E-state index contributed by atoms with van der Waals surface area (Å²) in [7, 11) is 3.36. The van der Waals surface area contributed by atoms with E-state index in [4.69, 9.17) is 9.47 Å². The number of benzene rings is 1. The van der Waals surface area contributed by atoms with Crippen molar-refractivity contribution >= 4 is 5.69 Å². The molecule has 0 unspecified atom stereocenters. The Morgan fingerprint density at radius 1 is 1.14 bits per heavy atom. The topological polar surface area (TPSA) is 33.7 Å². The van der Waals surface area contributed by atoms with Gasteiger partial charge in [0.2, 0.25) is 0 Å². The van der Waals surface area contributed by atoms with E-state index in [1.807, 2.05) is 6.07 Å². The third kappa shape index (κ3) is 3.43. The molecule has 1 aliphatic rings. The molecule has 21 heavy (non-hydrogen) atoms. The lowest BCUT2D eigenvalue weighted by Crippen LogP contribution is -2.50.